The molecule has 1 aromatic heterocycles. The highest BCUT2D eigenvalue weighted by atomic mass is 16.5. The van der Waals surface area contributed by atoms with Gasteiger partial charge < -0.3 is 18.9 Å². The molecule has 1 spiro atoms. The molecule has 9 heteroatoms. The molecular formula is C43H55N5O4. The average molecular weight is 706 g/mol. The van der Waals surface area contributed by atoms with Crippen LogP contribution in [0.2, 0.25) is 0 Å². The second kappa shape index (κ2) is 14.2. The fraction of sp³-hybridized carbons (Fsp3) is 0.512. The number of nitrogens with zero attached hydrogens (tertiary/aromatic N) is 5. The standard InChI is InChI=1S/C43H55N5O4/c1-27-20-43(27)26-46(25-37-38(51-9)18-32(19-39(37)52-10)36-24-45(8)40(49)29(3)28(36)2)16-17-47(43)23-31-12-11-13-34-30(4)48(15-14-35(31)34)41(50)33(22-44)21-42(5,6)7/h11-13,18-19,21,24,27,30H,14-17,20,23,25-26H2,1-10H3/b33-21+. The van der Waals surface area contributed by atoms with E-state index in [4.69, 9.17) is 9.47 Å². The Bertz CT molecular complexity index is 1990. The molecule has 3 unspecified atom stereocenters. The zero-order chi connectivity index (χ0) is 37.7. The molecule has 276 valence electrons. The monoisotopic (exact) mass is 705 g/mol. The van der Waals surface area contributed by atoms with Gasteiger partial charge in [0.05, 0.1) is 25.8 Å². The van der Waals surface area contributed by atoms with Gasteiger partial charge in [-0.1, -0.05) is 52.0 Å². The molecule has 9 nitrogen and oxygen atoms in total. The predicted molar refractivity (Wildman–Crippen MR) is 205 cm³/mol. The van der Waals surface area contributed by atoms with Crippen molar-refractivity contribution in [2.45, 2.75) is 86.0 Å². The number of pyridine rings is 1. The van der Waals surface area contributed by atoms with E-state index >= 15 is 0 Å². The maximum Gasteiger partial charge on any atom is 0.264 e. The van der Waals surface area contributed by atoms with Gasteiger partial charge in [-0.2, -0.15) is 5.26 Å². The summed E-state index contributed by atoms with van der Waals surface area (Å²) < 4.78 is 13.6. The summed E-state index contributed by atoms with van der Waals surface area (Å²) in [6.07, 6.45) is 5.63. The van der Waals surface area contributed by atoms with Crippen LogP contribution in [0, 0.1) is 36.5 Å². The van der Waals surface area contributed by atoms with Crippen molar-refractivity contribution in [2.75, 3.05) is 40.4 Å². The van der Waals surface area contributed by atoms with Crippen LogP contribution in [0.1, 0.15) is 80.5 Å². The van der Waals surface area contributed by atoms with Gasteiger partial charge in [0.2, 0.25) is 0 Å². The fourth-order valence-electron chi connectivity index (χ4n) is 8.65. The van der Waals surface area contributed by atoms with Crippen LogP contribution in [0.4, 0.5) is 0 Å². The number of aryl methyl sites for hydroxylation is 1. The highest BCUT2D eigenvalue weighted by Crippen LogP contribution is 2.51. The van der Waals surface area contributed by atoms with Crippen LogP contribution in [-0.4, -0.2) is 71.1 Å². The Morgan fingerprint density at radius 2 is 1.71 bits per heavy atom. The smallest absolute Gasteiger partial charge is 0.264 e. The van der Waals surface area contributed by atoms with Crippen LogP contribution >= 0.6 is 0 Å². The van der Waals surface area contributed by atoms with Crippen molar-refractivity contribution >= 4 is 5.91 Å². The molecule has 2 fully saturated rings. The fourth-order valence-corrected chi connectivity index (χ4v) is 8.65. The molecule has 0 bridgehead atoms. The third kappa shape index (κ3) is 6.91. The number of allylic oxidation sites excluding steroid dienone is 1. The van der Waals surface area contributed by atoms with Gasteiger partial charge in [0.1, 0.15) is 23.1 Å². The molecular weight excluding hydrogens is 651 g/mol. The van der Waals surface area contributed by atoms with Crippen molar-refractivity contribution in [3.63, 3.8) is 0 Å². The minimum Gasteiger partial charge on any atom is -0.496 e. The summed E-state index contributed by atoms with van der Waals surface area (Å²) in [5.41, 5.74) is 8.66. The van der Waals surface area contributed by atoms with Crippen LogP contribution in [0.5, 0.6) is 11.5 Å². The van der Waals surface area contributed by atoms with E-state index in [0.717, 1.165) is 84.9 Å². The van der Waals surface area contributed by atoms with Crippen molar-refractivity contribution < 1.29 is 14.3 Å². The number of benzene rings is 2. The van der Waals surface area contributed by atoms with Crippen LogP contribution < -0.4 is 15.0 Å². The van der Waals surface area contributed by atoms with Crippen molar-refractivity contribution in [1.29, 1.82) is 5.26 Å². The number of nitriles is 1. The number of hydrogen-bond acceptors (Lipinski definition) is 7. The largest absolute Gasteiger partial charge is 0.496 e. The van der Waals surface area contributed by atoms with Gasteiger partial charge in [0, 0.05) is 69.2 Å². The molecule has 0 N–H and O–H groups in total. The van der Waals surface area contributed by atoms with Gasteiger partial charge in [-0.05, 0) is 84.9 Å². The van der Waals surface area contributed by atoms with Crippen LogP contribution in [0.25, 0.3) is 11.1 Å². The van der Waals surface area contributed by atoms with Crippen LogP contribution in [0.3, 0.4) is 0 Å². The highest BCUT2D eigenvalue weighted by molar-refractivity contribution is 5.97. The van der Waals surface area contributed by atoms with Gasteiger partial charge in [-0.15, -0.1) is 0 Å². The molecule has 3 heterocycles. The van der Waals surface area contributed by atoms with Gasteiger partial charge in [-0.25, -0.2) is 0 Å². The van der Waals surface area contributed by atoms with Crippen molar-refractivity contribution in [1.82, 2.24) is 19.3 Å². The lowest BCUT2D eigenvalue weighted by Crippen LogP contribution is -2.55. The average Bonchev–Trinajstić information content (AvgIpc) is 3.76. The number of hydrogen-bond donors (Lipinski definition) is 0. The summed E-state index contributed by atoms with van der Waals surface area (Å²) in [6.45, 7) is 19.4. The van der Waals surface area contributed by atoms with Gasteiger partial charge in [0.25, 0.3) is 11.5 Å². The lowest BCUT2D eigenvalue weighted by atomic mass is 9.88. The Morgan fingerprint density at radius 3 is 2.31 bits per heavy atom. The first-order valence-corrected chi connectivity index (χ1v) is 18.6. The summed E-state index contributed by atoms with van der Waals surface area (Å²) in [4.78, 5) is 33.2. The number of amides is 1. The van der Waals surface area contributed by atoms with Gasteiger partial charge in [-0.3, -0.25) is 19.4 Å². The number of ether oxygens (including phenoxy) is 2. The van der Waals surface area contributed by atoms with Crippen molar-refractivity contribution in [2.24, 2.45) is 18.4 Å². The predicted octanol–water partition coefficient (Wildman–Crippen LogP) is 6.72. The lowest BCUT2D eigenvalue weighted by Gasteiger charge is -2.44. The van der Waals surface area contributed by atoms with Crippen LogP contribution in [0.15, 0.2) is 53.0 Å². The third-order valence-electron chi connectivity index (χ3n) is 11.8. The van der Waals surface area contributed by atoms with E-state index < -0.39 is 0 Å². The number of piperazine rings is 1. The Kier molecular flexibility index (Phi) is 10.2. The number of rotatable bonds is 8. The van der Waals surface area contributed by atoms with E-state index in [-0.39, 0.29) is 34.0 Å². The van der Waals surface area contributed by atoms with E-state index in [1.807, 2.05) is 45.7 Å². The van der Waals surface area contributed by atoms with Crippen molar-refractivity contribution in [3.8, 4) is 28.7 Å². The first kappa shape index (κ1) is 37.4. The molecule has 52 heavy (non-hydrogen) atoms. The second-order valence-corrected chi connectivity index (χ2v) is 16.4. The number of fused-ring (bicyclic) bond motifs is 1. The highest BCUT2D eigenvalue weighted by Gasteiger charge is 2.57. The molecule has 3 aromatic rings. The maximum atomic E-state index is 13.5. The molecule has 1 saturated carbocycles. The van der Waals surface area contributed by atoms with E-state index in [9.17, 15) is 14.9 Å². The molecule has 1 saturated heterocycles. The summed E-state index contributed by atoms with van der Waals surface area (Å²) in [6, 6.07) is 12.8. The van der Waals surface area contributed by atoms with Gasteiger partial charge >= 0.3 is 0 Å². The summed E-state index contributed by atoms with van der Waals surface area (Å²) >= 11 is 0. The number of carbonyl (C=O) groups is 1. The molecule has 2 aromatic carbocycles. The Balaban J connectivity index is 1.21. The maximum absolute atomic E-state index is 13.5. The van der Waals surface area contributed by atoms with Crippen LogP contribution in [-0.2, 0) is 31.4 Å². The minimum absolute atomic E-state index is 0.0128. The lowest BCUT2D eigenvalue weighted by molar-refractivity contribution is -0.129. The van der Waals surface area contributed by atoms with Crippen molar-refractivity contribution in [3.05, 3.63) is 91.9 Å². The number of carbonyl (C=O) groups excluding carboxylic acids is 1. The first-order chi connectivity index (χ1) is 24.6. The molecule has 3 atom stereocenters. The Morgan fingerprint density at radius 1 is 1.04 bits per heavy atom. The number of methoxy groups -OCH3 is 2. The molecule has 0 radical (unpaired) electrons. The SMILES string of the molecule is COc1cc(-c2cn(C)c(=O)c(C)c2C)cc(OC)c1CN1CCN(Cc2cccc3c2CCN(C(=O)/C(C#N)=C/C(C)(C)C)C3C)C2(CC2C)C1. The summed E-state index contributed by atoms with van der Waals surface area (Å²) in [5.74, 6) is 1.98. The molecule has 2 aliphatic heterocycles. The zero-order valence-electron chi connectivity index (χ0n) is 32.7. The Hall–Kier alpha value is -4.39. The topological polar surface area (TPSA) is 91.0 Å². The Labute approximate surface area is 309 Å². The van der Waals surface area contributed by atoms with E-state index in [1.54, 1.807) is 31.9 Å². The first-order valence-electron chi connectivity index (χ1n) is 18.6. The second-order valence-electron chi connectivity index (χ2n) is 16.4. The molecule has 6 rings (SSSR count). The quantitative estimate of drug-likeness (QED) is 0.190. The van der Waals surface area contributed by atoms with E-state index in [1.165, 1.54) is 16.7 Å². The third-order valence-corrected chi connectivity index (χ3v) is 11.8. The molecule has 1 amide bonds. The zero-order valence-corrected chi connectivity index (χ0v) is 32.7. The normalized spacial score (nSPS) is 22.2. The summed E-state index contributed by atoms with van der Waals surface area (Å²) in [5, 5.41) is 9.82. The molecule has 1 aliphatic carbocycles. The van der Waals surface area contributed by atoms with Gasteiger partial charge in [0.15, 0.2) is 0 Å². The van der Waals surface area contributed by atoms with E-state index in [2.05, 4.69) is 60.0 Å². The summed E-state index contributed by atoms with van der Waals surface area (Å²) in [7, 11) is 5.22. The minimum atomic E-state index is -0.252. The molecule has 3 aliphatic rings. The van der Waals surface area contributed by atoms with E-state index in [0.29, 0.717) is 12.5 Å². The number of aromatic nitrogens is 1.